The molecule has 1 aromatic carbocycles. The summed E-state index contributed by atoms with van der Waals surface area (Å²) in [5.74, 6) is -11.2. The van der Waals surface area contributed by atoms with Crippen molar-refractivity contribution in [3.8, 4) is 5.75 Å². The van der Waals surface area contributed by atoms with Crippen LogP contribution in [-0.2, 0) is 49.6 Å². The van der Waals surface area contributed by atoms with Crippen LogP contribution in [-0.4, -0.2) is 186 Å². The molecule has 10 unspecified atom stereocenters. The Morgan fingerprint density at radius 2 is 1.15 bits per heavy atom. The summed E-state index contributed by atoms with van der Waals surface area (Å²) in [6, 6.07) is -7.83. The van der Waals surface area contributed by atoms with Gasteiger partial charge >= 0.3 is 11.9 Å². The number of aromatic hydroxyl groups is 1. The largest absolute Gasteiger partial charge is 0.508 e. The fraction of sp³-hybridized carbons (Fsp3) is 0.571. The number of carboxylic acid groups (broad SMARTS) is 2. The summed E-state index contributed by atoms with van der Waals surface area (Å²) >= 11 is 0. The molecular formula is C35H52N8O17. The number of rotatable bonds is 23. The van der Waals surface area contributed by atoms with Gasteiger partial charge in [0, 0.05) is 6.54 Å². The smallest absolute Gasteiger partial charge is 0.328 e. The van der Waals surface area contributed by atoms with Crippen molar-refractivity contribution >= 4 is 53.3 Å². The first-order chi connectivity index (χ1) is 28.1. The summed E-state index contributed by atoms with van der Waals surface area (Å²) in [6.45, 7) is -1.24. The standard InChI is InChI=1S/C35H52N8O17/c1-15(47)26(33(57)40-23(14-46)31(55)42-27(16(2)48)35(59)60)41-30(54)22(13-45)39-32(56)24-4-3-9-43(24)34(58)20(11-25(50)51)37-29(53)21(12-44)38-28(52)19(36)10-17-5-7-18(49)8-6-17/h5-8,15-16,19-24,26-27,44-49H,3-4,9-14,36H2,1-2H3,(H,37,53)(H,38,52)(H,39,56)(H,40,57)(H,41,54)(H,42,55)(H,50,51)(H,59,60). The van der Waals surface area contributed by atoms with Crippen LogP contribution in [0, 0.1) is 0 Å². The van der Waals surface area contributed by atoms with Crippen LogP contribution in [0.3, 0.4) is 0 Å². The van der Waals surface area contributed by atoms with Crippen molar-refractivity contribution in [3.63, 3.8) is 0 Å². The predicted octanol–water partition coefficient (Wildman–Crippen LogP) is -7.54. The van der Waals surface area contributed by atoms with E-state index in [1.54, 1.807) is 0 Å². The molecule has 0 aliphatic carbocycles. The molecule has 2 rings (SSSR count). The van der Waals surface area contributed by atoms with Gasteiger partial charge in [-0.3, -0.25) is 38.4 Å². The number of phenolic OH excluding ortho intramolecular Hbond substituents is 1. The van der Waals surface area contributed by atoms with Crippen LogP contribution < -0.4 is 37.6 Å². The van der Waals surface area contributed by atoms with Crippen LogP contribution in [0.25, 0.3) is 0 Å². The summed E-state index contributed by atoms with van der Waals surface area (Å²) in [5.41, 5.74) is 6.48. The lowest BCUT2D eigenvalue weighted by Gasteiger charge is -2.30. The van der Waals surface area contributed by atoms with Crippen LogP contribution in [0.4, 0.5) is 0 Å². The Morgan fingerprint density at radius 1 is 0.683 bits per heavy atom. The first kappa shape index (κ1) is 50.2. The number of phenols is 1. The molecule has 10 atom stereocenters. The molecule has 16 N–H and O–H groups in total. The highest BCUT2D eigenvalue weighted by Crippen LogP contribution is 2.20. The molecule has 1 aliphatic rings. The van der Waals surface area contributed by atoms with Gasteiger partial charge in [-0.15, -0.1) is 0 Å². The number of aliphatic carboxylic acids is 2. The maximum Gasteiger partial charge on any atom is 0.328 e. The summed E-state index contributed by atoms with van der Waals surface area (Å²) < 4.78 is 0. The average molecular weight is 857 g/mol. The third-order valence-electron chi connectivity index (χ3n) is 9.12. The summed E-state index contributed by atoms with van der Waals surface area (Å²) in [4.78, 5) is 116. The molecule has 25 nitrogen and oxygen atoms in total. The summed E-state index contributed by atoms with van der Waals surface area (Å²) in [5, 5.41) is 90.1. The number of carboxylic acids is 2. The SMILES string of the molecule is CC(O)C(NC(=O)C(CO)NC(=O)C(NC(=O)C(CO)NC(=O)C1CCCN1C(=O)C(CC(=O)O)NC(=O)C(CO)NC(=O)C(N)Cc1ccc(O)cc1)C(C)O)C(=O)O. The Bertz CT molecular complexity index is 1710. The number of amides is 7. The van der Waals surface area contributed by atoms with E-state index in [2.05, 4.69) is 21.3 Å². The van der Waals surface area contributed by atoms with Gasteiger partial charge in [0.05, 0.1) is 44.5 Å². The molecular weight excluding hydrogens is 804 g/mol. The summed E-state index contributed by atoms with van der Waals surface area (Å²) in [7, 11) is 0. The molecule has 0 saturated carbocycles. The zero-order valence-electron chi connectivity index (χ0n) is 32.5. The van der Waals surface area contributed by atoms with Crippen molar-refractivity contribution < 1.29 is 84.0 Å². The molecule has 60 heavy (non-hydrogen) atoms. The first-order valence-corrected chi connectivity index (χ1v) is 18.4. The molecule has 0 bridgehead atoms. The number of nitrogens with one attached hydrogen (secondary N) is 6. The molecule has 7 amide bonds. The number of nitrogens with two attached hydrogens (primary N) is 1. The van der Waals surface area contributed by atoms with Gasteiger partial charge in [-0.05, 0) is 50.8 Å². The van der Waals surface area contributed by atoms with Gasteiger partial charge in [0.1, 0.15) is 42.0 Å². The fourth-order valence-corrected chi connectivity index (χ4v) is 5.82. The number of hydrogen-bond acceptors (Lipinski definition) is 16. The van der Waals surface area contributed by atoms with Crippen LogP contribution in [0.5, 0.6) is 5.75 Å². The van der Waals surface area contributed by atoms with Gasteiger partial charge in [0.25, 0.3) is 0 Å². The van der Waals surface area contributed by atoms with Gasteiger partial charge in [-0.2, -0.15) is 0 Å². The van der Waals surface area contributed by atoms with E-state index in [1.807, 2.05) is 10.6 Å². The first-order valence-electron chi connectivity index (χ1n) is 18.4. The lowest BCUT2D eigenvalue weighted by molar-refractivity contribution is -0.146. The maximum absolute atomic E-state index is 13.7. The van der Waals surface area contributed by atoms with Crippen LogP contribution in [0.1, 0.15) is 38.7 Å². The van der Waals surface area contributed by atoms with Gasteiger partial charge in [0.2, 0.25) is 41.4 Å². The Kier molecular flexibility index (Phi) is 19.7. The van der Waals surface area contributed by atoms with Gasteiger partial charge in [-0.1, -0.05) is 12.1 Å². The summed E-state index contributed by atoms with van der Waals surface area (Å²) in [6.07, 6.45) is -4.20. The minimum atomic E-state index is -1.90. The van der Waals surface area contributed by atoms with Crippen molar-refractivity contribution in [2.24, 2.45) is 5.73 Å². The number of benzene rings is 1. The normalized spacial score (nSPS) is 18.1. The van der Waals surface area contributed by atoms with E-state index >= 15 is 0 Å². The van der Waals surface area contributed by atoms with Gasteiger partial charge in [0.15, 0.2) is 6.04 Å². The number of carbonyl (C=O) groups is 9. The number of aliphatic hydroxyl groups is 5. The Hall–Kier alpha value is -5.99. The molecule has 1 heterocycles. The van der Waals surface area contributed by atoms with Crippen molar-refractivity contribution in [1.29, 1.82) is 0 Å². The molecule has 1 saturated heterocycles. The highest BCUT2D eigenvalue weighted by Gasteiger charge is 2.41. The minimum Gasteiger partial charge on any atom is -0.508 e. The maximum atomic E-state index is 13.7. The zero-order valence-corrected chi connectivity index (χ0v) is 32.5. The highest BCUT2D eigenvalue weighted by atomic mass is 16.4. The van der Waals surface area contributed by atoms with Crippen LogP contribution in [0.15, 0.2) is 24.3 Å². The molecule has 0 radical (unpaired) electrons. The Labute approximate surface area is 341 Å². The topological polar surface area (TPSA) is 417 Å². The van der Waals surface area contributed by atoms with Crippen molar-refractivity contribution in [2.45, 2.75) is 100 Å². The van der Waals surface area contributed by atoms with E-state index in [-0.39, 0.29) is 31.6 Å². The third-order valence-corrected chi connectivity index (χ3v) is 9.12. The quantitative estimate of drug-likeness (QED) is 0.0486. The number of likely N-dealkylation sites (tertiary alicyclic amines) is 1. The van der Waals surface area contributed by atoms with E-state index in [9.17, 15) is 84.0 Å². The fourth-order valence-electron chi connectivity index (χ4n) is 5.82. The molecule has 334 valence electrons. The number of hydrogen-bond donors (Lipinski definition) is 15. The minimum absolute atomic E-state index is 0.0275. The Morgan fingerprint density at radius 3 is 1.63 bits per heavy atom. The average Bonchev–Trinajstić information content (AvgIpc) is 3.68. The third kappa shape index (κ3) is 14.7. The molecule has 1 aromatic rings. The van der Waals surface area contributed by atoms with E-state index in [4.69, 9.17) is 5.73 Å². The van der Waals surface area contributed by atoms with Crippen LogP contribution >= 0.6 is 0 Å². The number of nitrogens with zero attached hydrogens (tertiary/aromatic N) is 1. The van der Waals surface area contributed by atoms with E-state index in [0.29, 0.717) is 5.56 Å². The Balaban J connectivity index is 2.13. The lowest BCUT2D eigenvalue weighted by Crippen LogP contribution is -2.62. The number of carbonyl (C=O) groups excluding carboxylic acids is 7. The zero-order chi connectivity index (χ0) is 45.4. The second kappa shape index (κ2) is 23.6. The van der Waals surface area contributed by atoms with Crippen molar-refractivity contribution in [2.75, 3.05) is 26.4 Å². The highest BCUT2D eigenvalue weighted by molar-refractivity contribution is 5.98. The molecule has 0 spiro atoms. The van der Waals surface area contributed by atoms with Crippen molar-refractivity contribution in [1.82, 2.24) is 36.8 Å². The van der Waals surface area contributed by atoms with E-state index < -0.39 is 140 Å². The molecule has 25 heteroatoms. The molecule has 1 aliphatic heterocycles. The number of aliphatic hydroxyl groups excluding tert-OH is 5. The molecule has 0 aromatic heterocycles. The van der Waals surface area contributed by atoms with E-state index in [1.165, 1.54) is 24.3 Å². The van der Waals surface area contributed by atoms with Gasteiger partial charge in [-0.25, -0.2) is 4.79 Å². The lowest BCUT2D eigenvalue weighted by atomic mass is 10.1. The van der Waals surface area contributed by atoms with Crippen molar-refractivity contribution in [3.05, 3.63) is 29.8 Å². The predicted molar refractivity (Wildman–Crippen MR) is 201 cm³/mol. The second-order valence-corrected chi connectivity index (χ2v) is 13.8. The van der Waals surface area contributed by atoms with E-state index in [0.717, 1.165) is 18.7 Å². The second-order valence-electron chi connectivity index (χ2n) is 13.8. The van der Waals surface area contributed by atoms with Gasteiger partial charge < -0.3 is 83.4 Å². The monoisotopic (exact) mass is 856 g/mol. The molecule has 1 fully saturated rings. The van der Waals surface area contributed by atoms with Crippen LogP contribution in [0.2, 0.25) is 0 Å².